The van der Waals surface area contributed by atoms with Gasteiger partial charge in [0.1, 0.15) is 5.82 Å². The average Bonchev–Trinajstić information content (AvgIpc) is 2.86. The SMILES string of the molecule is CNc1nc(N2CCCN(CCO)CC2)c2cn[nH]c2n1. The normalized spacial score (nSPS) is 17.1. The summed E-state index contributed by atoms with van der Waals surface area (Å²) in [7, 11) is 1.81. The van der Waals surface area contributed by atoms with Crippen LogP contribution in [0.4, 0.5) is 11.8 Å². The summed E-state index contributed by atoms with van der Waals surface area (Å²) in [6, 6.07) is 0. The number of hydrogen-bond acceptors (Lipinski definition) is 7. The molecule has 0 spiro atoms. The Bertz CT molecular complexity index is 599. The molecule has 8 nitrogen and oxygen atoms in total. The monoisotopic (exact) mass is 291 g/mol. The highest BCUT2D eigenvalue weighted by atomic mass is 16.3. The number of aromatic amines is 1. The van der Waals surface area contributed by atoms with Gasteiger partial charge < -0.3 is 15.3 Å². The minimum Gasteiger partial charge on any atom is -0.395 e. The maximum atomic E-state index is 9.08. The Labute approximate surface area is 123 Å². The minimum absolute atomic E-state index is 0.212. The van der Waals surface area contributed by atoms with Gasteiger partial charge in [0.25, 0.3) is 0 Å². The van der Waals surface area contributed by atoms with Gasteiger partial charge >= 0.3 is 0 Å². The van der Waals surface area contributed by atoms with E-state index in [1.165, 1.54) is 0 Å². The molecular formula is C13H21N7O. The second-order valence-corrected chi connectivity index (χ2v) is 5.16. The molecule has 0 bridgehead atoms. The zero-order chi connectivity index (χ0) is 14.7. The van der Waals surface area contributed by atoms with Crippen LogP contribution in [0.1, 0.15) is 6.42 Å². The average molecular weight is 291 g/mol. The van der Waals surface area contributed by atoms with Crippen molar-refractivity contribution in [3.8, 4) is 0 Å². The lowest BCUT2D eigenvalue weighted by Crippen LogP contribution is -2.32. The van der Waals surface area contributed by atoms with Crippen LogP contribution in [0.3, 0.4) is 0 Å². The molecule has 2 aromatic heterocycles. The molecule has 0 atom stereocenters. The lowest BCUT2D eigenvalue weighted by Gasteiger charge is -2.23. The van der Waals surface area contributed by atoms with E-state index in [9.17, 15) is 0 Å². The summed E-state index contributed by atoms with van der Waals surface area (Å²) in [5.41, 5.74) is 0.751. The van der Waals surface area contributed by atoms with Crippen LogP contribution in [-0.2, 0) is 0 Å². The molecule has 0 aliphatic carbocycles. The van der Waals surface area contributed by atoms with E-state index >= 15 is 0 Å². The Morgan fingerprint density at radius 3 is 3.00 bits per heavy atom. The van der Waals surface area contributed by atoms with Gasteiger partial charge in [-0.15, -0.1) is 0 Å². The highest BCUT2D eigenvalue weighted by Crippen LogP contribution is 2.24. The van der Waals surface area contributed by atoms with E-state index < -0.39 is 0 Å². The van der Waals surface area contributed by atoms with Gasteiger partial charge in [-0.05, 0) is 13.0 Å². The van der Waals surface area contributed by atoms with Crippen molar-refractivity contribution in [2.75, 3.05) is 56.6 Å². The van der Waals surface area contributed by atoms with Gasteiger partial charge in [0.2, 0.25) is 5.95 Å². The predicted molar refractivity (Wildman–Crippen MR) is 81.6 cm³/mol. The number of nitrogens with zero attached hydrogens (tertiary/aromatic N) is 5. The zero-order valence-corrected chi connectivity index (χ0v) is 12.2. The molecule has 0 radical (unpaired) electrons. The molecule has 1 aliphatic rings. The van der Waals surface area contributed by atoms with E-state index in [0.29, 0.717) is 5.95 Å². The Balaban J connectivity index is 1.87. The fourth-order valence-electron chi connectivity index (χ4n) is 2.72. The number of aliphatic hydroxyl groups is 1. The molecule has 0 saturated carbocycles. The van der Waals surface area contributed by atoms with E-state index in [2.05, 4.69) is 35.3 Å². The number of hydrogen-bond donors (Lipinski definition) is 3. The van der Waals surface area contributed by atoms with Crippen molar-refractivity contribution < 1.29 is 5.11 Å². The number of β-amino-alcohol motifs (C(OH)–C–C–N with tert-alkyl or cyclic N) is 1. The molecule has 0 aromatic carbocycles. The summed E-state index contributed by atoms with van der Waals surface area (Å²) in [6.07, 6.45) is 2.83. The molecule has 2 aromatic rings. The lowest BCUT2D eigenvalue weighted by molar-refractivity contribution is 0.204. The van der Waals surface area contributed by atoms with Gasteiger partial charge in [0.05, 0.1) is 18.2 Å². The first-order valence-corrected chi connectivity index (χ1v) is 7.29. The Hall–Kier alpha value is -1.93. The maximum absolute atomic E-state index is 9.08. The summed E-state index contributed by atoms with van der Waals surface area (Å²) in [6.45, 7) is 4.72. The Morgan fingerprint density at radius 1 is 1.29 bits per heavy atom. The third-order valence-electron chi connectivity index (χ3n) is 3.82. The standard InChI is InChI=1S/C13H21N7O/c1-14-13-16-11-10(9-15-18-11)12(17-13)20-4-2-3-19(5-6-20)7-8-21/h9,21H,2-8H2,1H3,(H2,14,15,16,17,18). The largest absolute Gasteiger partial charge is 0.395 e. The van der Waals surface area contributed by atoms with Crippen LogP contribution in [0, 0.1) is 0 Å². The first-order chi connectivity index (χ1) is 10.3. The van der Waals surface area contributed by atoms with Crippen LogP contribution in [-0.4, -0.2) is 76.6 Å². The van der Waals surface area contributed by atoms with Crippen molar-refractivity contribution in [2.45, 2.75) is 6.42 Å². The quantitative estimate of drug-likeness (QED) is 0.724. The molecular weight excluding hydrogens is 270 g/mol. The van der Waals surface area contributed by atoms with Crippen LogP contribution in [0.15, 0.2) is 6.20 Å². The molecule has 114 valence electrons. The summed E-state index contributed by atoms with van der Waals surface area (Å²) < 4.78 is 0. The van der Waals surface area contributed by atoms with Crippen molar-refractivity contribution in [1.82, 2.24) is 25.1 Å². The van der Waals surface area contributed by atoms with Crippen molar-refractivity contribution in [1.29, 1.82) is 0 Å². The van der Waals surface area contributed by atoms with Crippen molar-refractivity contribution in [3.05, 3.63) is 6.20 Å². The Kier molecular flexibility index (Phi) is 4.16. The summed E-state index contributed by atoms with van der Waals surface area (Å²) in [5, 5.41) is 20.0. The lowest BCUT2D eigenvalue weighted by atomic mass is 10.3. The van der Waals surface area contributed by atoms with E-state index in [1.807, 2.05) is 7.05 Å². The maximum Gasteiger partial charge on any atom is 0.226 e. The molecule has 0 unspecified atom stereocenters. The van der Waals surface area contributed by atoms with Gasteiger partial charge in [0, 0.05) is 33.2 Å². The third-order valence-corrected chi connectivity index (χ3v) is 3.82. The number of nitrogens with one attached hydrogen (secondary N) is 2. The van der Waals surface area contributed by atoms with Gasteiger partial charge in [0.15, 0.2) is 5.65 Å². The first kappa shape index (κ1) is 14.0. The number of fused-ring (bicyclic) bond motifs is 1. The molecule has 3 N–H and O–H groups in total. The van der Waals surface area contributed by atoms with Gasteiger partial charge in [-0.25, -0.2) is 0 Å². The van der Waals surface area contributed by atoms with E-state index in [1.54, 1.807) is 6.20 Å². The second-order valence-electron chi connectivity index (χ2n) is 5.16. The fraction of sp³-hybridized carbons (Fsp3) is 0.615. The second kappa shape index (κ2) is 6.23. The minimum atomic E-state index is 0.212. The smallest absolute Gasteiger partial charge is 0.226 e. The van der Waals surface area contributed by atoms with Gasteiger partial charge in [-0.1, -0.05) is 0 Å². The molecule has 0 amide bonds. The number of rotatable bonds is 4. The van der Waals surface area contributed by atoms with Crippen LogP contribution >= 0.6 is 0 Å². The highest BCUT2D eigenvalue weighted by molar-refractivity contribution is 5.87. The van der Waals surface area contributed by atoms with Crippen LogP contribution in [0.25, 0.3) is 11.0 Å². The number of H-pyrrole nitrogens is 1. The molecule has 21 heavy (non-hydrogen) atoms. The zero-order valence-electron chi connectivity index (χ0n) is 12.2. The topological polar surface area (TPSA) is 93.2 Å². The molecule has 1 fully saturated rings. The van der Waals surface area contributed by atoms with Gasteiger partial charge in [-0.3, -0.25) is 10.00 Å². The van der Waals surface area contributed by atoms with Crippen molar-refractivity contribution in [2.24, 2.45) is 0 Å². The molecule has 3 heterocycles. The molecule has 3 rings (SSSR count). The third kappa shape index (κ3) is 2.91. The Morgan fingerprint density at radius 2 is 2.19 bits per heavy atom. The van der Waals surface area contributed by atoms with E-state index in [4.69, 9.17) is 5.11 Å². The number of aromatic nitrogens is 4. The van der Waals surface area contributed by atoms with Crippen molar-refractivity contribution in [3.63, 3.8) is 0 Å². The predicted octanol–water partition coefficient (Wildman–Crippen LogP) is -0.101. The van der Waals surface area contributed by atoms with E-state index in [-0.39, 0.29) is 6.61 Å². The van der Waals surface area contributed by atoms with Gasteiger partial charge in [-0.2, -0.15) is 15.1 Å². The number of anilines is 2. The molecule has 1 aliphatic heterocycles. The summed E-state index contributed by atoms with van der Waals surface area (Å²) in [5.74, 6) is 1.52. The van der Waals surface area contributed by atoms with Crippen LogP contribution in [0.5, 0.6) is 0 Å². The van der Waals surface area contributed by atoms with Crippen molar-refractivity contribution >= 4 is 22.8 Å². The first-order valence-electron chi connectivity index (χ1n) is 7.29. The van der Waals surface area contributed by atoms with Crippen LogP contribution < -0.4 is 10.2 Å². The van der Waals surface area contributed by atoms with E-state index in [0.717, 1.165) is 56.0 Å². The fourth-order valence-corrected chi connectivity index (χ4v) is 2.72. The molecule has 1 saturated heterocycles. The highest BCUT2D eigenvalue weighted by Gasteiger charge is 2.19. The number of aliphatic hydroxyl groups excluding tert-OH is 1. The summed E-state index contributed by atoms with van der Waals surface area (Å²) >= 11 is 0. The van der Waals surface area contributed by atoms with Crippen LogP contribution in [0.2, 0.25) is 0 Å². The summed E-state index contributed by atoms with van der Waals surface area (Å²) in [4.78, 5) is 13.5. The molecule has 8 heteroatoms.